The van der Waals surface area contributed by atoms with Gasteiger partial charge < -0.3 is 19.7 Å². The minimum Gasteiger partial charge on any atom is -0.481 e. The van der Waals surface area contributed by atoms with Gasteiger partial charge in [0.15, 0.2) is 0 Å². The van der Waals surface area contributed by atoms with Gasteiger partial charge in [-0.05, 0) is 36.1 Å². The van der Waals surface area contributed by atoms with E-state index in [0.29, 0.717) is 24.0 Å². The summed E-state index contributed by atoms with van der Waals surface area (Å²) in [6.07, 6.45) is -8.81. The second kappa shape index (κ2) is 9.43. The Balaban J connectivity index is 0.000000191. The van der Waals surface area contributed by atoms with E-state index in [2.05, 4.69) is 9.47 Å². The van der Waals surface area contributed by atoms with Crippen LogP contribution >= 0.6 is 0 Å². The Morgan fingerprint density at radius 3 is 1.26 bits per heavy atom. The van der Waals surface area contributed by atoms with E-state index < -0.39 is 36.5 Å². The zero-order valence-corrected chi connectivity index (χ0v) is 17.1. The van der Waals surface area contributed by atoms with Crippen LogP contribution < -0.4 is 9.47 Å². The van der Waals surface area contributed by atoms with Gasteiger partial charge in [-0.2, -0.15) is 0 Å². The maximum atomic E-state index is 12.1. The lowest BCUT2D eigenvalue weighted by Gasteiger charge is -2.12. The molecule has 2 saturated carbocycles. The Labute approximate surface area is 188 Å². The van der Waals surface area contributed by atoms with Crippen molar-refractivity contribution in [1.82, 2.24) is 0 Å². The third-order valence-corrected chi connectivity index (χ3v) is 5.30. The van der Waals surface area contributed by atoms with Crippen LogP contribution in [0.4, 0.5) is 26.3 Å². The predicted octanol–water partition coefficient (Wildman–Crippen LogP) is 5.55. The molecule has 4 atom stereocenters. The number of alkyl halides is 6. The fourth-order valence-electron chi connectivity index (χ4n) is 3.63. The number of halogens is 6. The summed E-state index contributed by atoms with van der Waals surface area (Å²) in [5.41, 5.74) is 0.606. The van der Waals surface area contributed by atoms with Gasteiger partial charge in [-0.25, -0.2) is 0 Å². The zero-order chi connectivity index (χ0) is 25.3. The third kappa shape index (κ3) is 6.78. The third-order valence-electron chi connectivity index (χ3n) is 5.30. The average molecular weight is 492 g/mol. The normalized spacial score (nSPS) is 23.2. The molecular weight excluding hydrogens is 474 g/mol. The number of hydrogen-bond acceptors (Lipinski definition) is 4. The molecule has 12 heteroatoms. The lowest BCUT2D eigenvalue weighted by molar-refractivity contribution is -0.275. The van der Waals surface area contributed by atoms with Crippen molar-refractivity contribution in [2.24, 2.45) is 11.8 Å². The van der Waals surface area contributed by atoms with E-state index in [1.807, 2.05) is 0 Å². The molecule has 0 spiro atoms. The molecule has 2 fully saturated rings. The van der Waals surface area contributed by atoms with Gasteiger partial charge in [0.25, 0.3) is 0 Å². The van der Waals surface area contributed by atoms with E-state index in [-0.39, 0.29) is 23.3 Å². The lowest BCUT2D eigenvalue weighted by atomic mass is 10.1. The highest BCUT2D eigenvalue weighted by atomic mass is 19.4. The molecule has 2 aromatic rings. The summed E-state index contributed by atoms with van der Waals surface area (Å²) in [7, 11) is 0. The summed E-state index contributed by atoms with van der Waals surface area (Å²) in [4.78, 5) is 21.4. The minimum atomic E-state index is -4.76. The number of aliphatic carboxylic acids is 2. The minimum absolute atomic E-state index is 0.303. The molecule has 2 aliphatic carbocycles. The molecule has 0 aliphatic heterocycles. The summed E-state index contributed by atoms with van der Waals surface area (Å²) < 4.78 is 80.5. The van der Waals surface area contributed by atoms with Gasteiger partial charge in [-0.1, -0.05) is 36.4 Å². The SMILES string of the molecule is O=C(O)C1CC1c1ccccc1OC(F)(F)F.O=C(O)C1CC1c1ccccc1OC(F)(F)F. The summed E-state index contributed by atoms with van der Waals surface area (Å²) in [6, 6.07) is 11.3. The Kier molecular flexibility index (Phi) is 6.99. The van der Waals surface area contributed by atoms with Crippen molar-refractivity contribution >= 4 is 11.9 Å². The molecule has 6 nitrogen and oxygen atoms in total. The van der Waals surface area contributed by atoms with Crippen molar-refractivity contribution in [3.63, 3.8) is 0 Å². The Morgan fingerprint density at radius 2 is 1.00 bits per heavy atom. The first-order chi connectivity index (χ1) is 15.8. The van der Waals surface area contributed by atoms with Crippen molar-refractivity contribution < 1.29 is 55.6 Å². The molecule has 34 heavy (non-hydrogen) atoms. The monoisotopic (exact) mass is 492 g/mol. The highest BCUT2D eigenvalue weighted by molar-refractivity contribution is 5.76. The van der Waals surface area contributed by atoms with E-state index in [9.17, 15) is 35.9 Å². The summed E-state index contributed by atoms with van der Waals surface area (Å²) in [5.74, 6) is -4.57. The first-order valence-corrected chi connectivity index (χ1v) is 9.91. The molecule has 0 heterocycles. The number of rotatable bonds is 6. The molecule has 2 N–H and O–H groups in total. The predicted molar refractivity (Wildman–Crippen MR) is 103 cm³/mol. The lowest BCUT2D eigenvalue weighted by Crippen LogP contribution is -2.18. The fraction of sp³-hybridized carbons (Fsp3) is 0.364. The van der Waals surface area contributed by atoms with E-state index in [0.717, 1.165) is 0 Å². The Bertz CT molecular complexity index is 967. The van der Waals surface area contributed by atoms with E-state index >= 15 is 0 Å². The molecule has 4 unspecified atom stereocenters. The van der Waals surface area contributed by atoms with Crippen LogP contribution in [0.2, 0.25) is 0 Å². The van der Waals surface area contributed by atoms with Crippen molar-refractivity contribution in [1.29, 1.82) is 0 Å². The van der Waals surface area contributed by atoms with E-state index in [4.69, 9.17) is 10.2 Å². The summed E-state index contributed by atoms with van der Waals surface area (Å²) in [6.45, 7) is 0. The molecule has 0 saturated heterocycles. The Morgan fingerprint density at radius 1 is 0.676 bits per heavy atom. The van der Waals surface area contributed by atoms with Crippen molar-refractivity contribution in [3.05, 3.63) is 59.7 Å². The average Bonchev–Trinajstić information content (AvgIpc) is 3.60. The van der Waals surface area contributed by atoms with E-state index in [1.54, 1.807) is 12.1 Å². The van der Waals surface area contributed by atoms with Gasteiger partial charge in [0.05, 0.1) is 11.8 Å². The van der Waals surface area contributed by atoms with E-state index in [1.165, 1.54) is 36.4 Å². The maximum absolute atomic E-state index is 12.1. The van der Waals surface area contributed by atoms with Gasteiger partial charge in [0.1, 0.15) is 11.5 Å². The molecule has 0 aromatic heterocycles. The van der Waals surface area contributed by atoms with Crippen LogP contribution in [0.25, 0.3) is 0 Å². The fourth-order valence-corrected chi connectivity index (χ4v) is 3.63. The van der Waals surface area contributed by atoms with Gasteiger partial charge in [-0.3, -0.25) is 9.59 Å². The largest absolute Gasteiger partial charge is 0.573 e. The topological polar surface area (TPSA) is 93.1 Å². The molecule has 2 aromatic carbocycles. The molecule has 0 bridgehead atoms. The first-order valence-electron chi connectivity index (χ1n) is 9.91. The Hall–Kier alpha value is -3.44. The number of ether oxygens (including phenoxy) is 2. The van der Waals surface area contributed by atoms with Crippen LogP contribution in [0, 0.1) is 11.8 Å². The highest BCUT2D eigenvalue weighted by Gasteiger charge is 2.47. The van der Waals surface area contributed by atoms with Gasteiger partial charge in [0.2, 0.25) is 0 Å². The molecular formula is C22H18F6O6. The molecule has 4 rings (SSSR count). The molecule has 0 radical (unpaired) electrons. The van der Waals surface area contributed by atoms with Gasteiger partial charge in [0, 0.05) is 11.8 Å². The van der Waals surface area contributed by atoms with Crippen LogP contribution in [0.1, 0.15) is 35.8 Å². The highest BCUT2D eigenvalue weighted by Crippen LogP contribution is 2.51. The summed E-state index contributed by atoms with van der Waals surface area (Å²) >= 11 is 0. The number of carboxylic acids is 2. The van der Waals surface area contributed by atoms with Gasteiger partial charge >= 0.3 is 24.7 Å². The smallest absolute Gasteiger partial charge is 0.481 e. The van der Waals surface area contributed by atoms with Crippen molar-refractivity contribution in [3.8, 4) is 11.5 Å². The molecule has 2 aliphatic rings. The van der Waals surface area contributed by atoms with Crippen LogP contribution in [0.5, 0.6) is 11.5 Å². The zero-order valence-electron chi connectivity index (χ0n) is 17.1. The van der Waals surface area contributed by atoms with Crippen LogP contribution in [-0.2, 0) is 9.59 Å². The quantitative estimate of drug-likeness (QED) is 0.514. The van der Waals surface area contributed by atoms with Gasteiger partial charge in [-0.15, -0.1) is 26.3 Å². The first kappa shape index (κ1) is 25.2. The number of hydrogen-bond donors (Lipinski definition) is 2. The number of para-hydroxylation sites is 2. The van der Waals surface area contributed by atoms with Crippen LogP contribution in [0.3, 0.4) is 0 Å². The number of benzene rings is 2. The number of carbonyl (C=O) groups is 2. The standard InChI is InChI=1S/2C11H9F3O3/c2*12-11(13,14)17-9-4-2-1-3-6(9)7-5-8(7)10(15)16/h2*1-4,7-8H,5H2,(H,15,16). The summed E-state index contributed by atoms with van der Waals surface area (Å²) in [5, 5.41) is 17.5. The maximum Gasteiger partial charge on any atom is 0.573 e. The van der Waals surface area contributed by atoms with Crippen molar-refractivity contribution in [2.45, 2.75) is 37.4 Å². The molecule has 184 valence electrons. The van der Waals surface area contributed by atoms with Crippen molar-refractivity contribution in [2.75, 3.05) is 0 Å². The van der Waals surface area contributed by atoms with Crippen LogP contribution in [0.15, 0.2) is 48.5 Å². The molecule has 0 amide bonds. The second-order valence-electron chi connectivity index (χ2n) is 7.75. The number of carboxylic acid groups (broad SMARTS) is 2. The second-order valence-corrected chi connectivity index (χ2v) is 7.75. The van der Waals surface area contributed by atoms with Crippen LogP contribution in [-0.4, -0.2) is 34.9 Å².